The van der Waals surface area contributed by atoms with Crippen LogP contribution in [0.25, 0.3) is 0 Å². The van der Waals surface area contributed by atoms with Crippen molar-refractivity contribution >= 4 is 23.2 Å². The third-order valence-electron chi connectivity index (χ3n) is 1.54. The number of hydrogen-bond acceptors (Lipinski definition) is 2. The third-order valence-corrected chi connectivity index (χ3v) is 2.41. The third kappa shape index (κ3) is 1.32. The van der Waals surface area contributed by atoms with Gasteiger partial charge in [-0.05, 0) is 6.42 Å². The van der Waals surface area contributed by atoms with Crippen LogP contribution in [0.4, 0.5) is 0 Å². The fourth-order valence-electron chi connectivity index (χ4n) is 0.922. The van der Waals surface area contributed by atoms with Crippen LogP contribution in [0.5, 0.6) is 0 Å². The first-order valence-electron chi connectivity index (χ1n) is 2.77. The fourth-order valence-corrected chi connectivity index (χ4v) is 1.70. The second-order valence-corrected chi connectivity index (χ2v) is 3.37. The summed E-state index contributed by atoms with van der Waals surface area (Å²) >= 11 is 11.1. The molecule has 0 aromatic heterocycles. The van der Waals surface area contributed by atoms with E-state index in [2.05, 4.69) is 0 Å². The van der Waals surface area contributed by atoms with Gasteiger partial charge in [-0.25, -0.2) is 0 Å². The summed E-state index contributed by atoms with van der Waals surface area (Å²) in [6.07, 6.45) is -1.23. The highest BCUT2D eigenvalue weighted by molar-refractivity contribution is 6.25. The minimum absolute atomic E-state index is 0.387. The standard InChI is InChI=1S/C5H8Cl2O2/c6-2-1-3(7)5(9)4(2)8/h2-5,8-9H,1H2/t2-,3-,4-,5-/m1/s1. The van der Waals surface area contributed by atoms with Gasteiger partial charge in [0.25, 0.3) is 0 Å². The van der Waals surface area contributed by atoms with Crippen molar-refractivity contribution in [3.63, 3.8) is 0 Å². The van der Waals surface area contributed by atoms with E-state index in [-0.39, 0.29) is 10.8 Å². The summed E-state index contributed by atoms with van der Waals surface area (Å²) in [4.78, 5) is 0. The zero-order chi connectivity index (χ0) is 7.02. The second-order valence-electron chi connectivity index (χ2n) is 2.25. The van der Waals surface area contributed by atoms with Crippen molar-refractivity contribution in [3.05, 3.63) is 0 Å². The maximum absolute atomic E-state index is 8.97. The van der Waals surface area contributed by atoms with Gasteiger partial charge in [0.15, 0.2) is 0 Å². The van der Waals surface area contributed by atoms with Crippen LogP contribution >= 0.6 is 23.2 Å². The number of alkyl halides is 2. The molecule has 0 amide bonds. The summed E-state index contributed by atoms with van der Waals surface area (Å²) in [5, 5.41) is 17.2. The maximum atomic E-state index is 8.97. The largest absolute Gasteiger partial charge is 0.389 e. The number of aliphatic hydroxyl groups excluding tert-OH is 2. The smallest absolute Gasteiger partial charge is 0.0977 e. The maximum Gasteiger partial charge on any atom is 0.0977 e. The summed E-state index contributed by atoms with van der Waals surface area (Å²) < 4.78 is 0. The lowest BCUT2D eigenvalue weighted by Crippen LogP contribution is -2.28. The Morgan fingerprint density at radius 1 is 1.00 bits per heavy atom. The van der Waals surface area contributed by atoms with Crippen LogP contribution in [-0.4, -0.2) is 33.2 Å². The Morgan fingerprint density at radius 2 is 1.33 bits per heavy atom. The number of aliphatic hydroxyl groups is 2. The lowest BCUT2D eigenvalue weighted by molar-refractivity contribution is 0.0471. The summed E-state index contributed by atoms with van der Waals surface area (Å²) in [5.74, 6) is 0. The average molecular weight is 171 g/mol. The van der Waals surface area contributed by atoms with E-state index in [0.29, 0.717) is 6.42 Å². The van der Waals surface area contributed by atoms with Gasteiger partial charge in [-0.15, -0.1) is 23.2 Å². The van der Waals surface area contributed by atoms with Crippen molar-refractivity contribution in [3.8, 4) is 0 Å². The molecule has 0 saturated heterocycles. The molecule has 0 aliphatic heterocycles. The van der Waals surface area contributed by atoms with Gasteiger partial charge in [-0.3, -0.25) is 0 Å². The average Bonchev–Trinajstić information content (AvgIpc) is 1.98. The van der Waals surface area contributed by atoms with Crippen molar-refractivity contribution in [2.45, 2.75) is 29.4 Å². The monoisotopic (exact) mass is 170 g/mol. The molecule has 9 heavy (non-hydrogen) atoms. The predicted molar refractivity (Wildman–Crippen MR) is 35.9 cm³/mol. The molecule has 0 bridgehead atoms. The molecule has 1 aliphatic rings. The van der Waals surface area contributed by atoms with Crippen LogP contribution in [-0.2, 0) is 0 Å². The zero-order valence-electron chi connectivity index (χ0n) is 4.67. The molecule has 0 aromatic carbocycles. The lowest BCUT2D eigenvalue weighted by Gasteiger charge is -2.09. The Morgan fingerprint density at radius 3 is 1.44 bits per heavy atom. The molecular weight excluding hydrogens is 163 g/mol. The highest BCUT2D eigenvalue weighted by Crippen LogP contribution is 2.28. The number of hydrogen-bond donors (Lipinski definition) is 2. The van der Waals surface area contributed by atoms with Crippen LogP contribution in [0.15, 0.2) is 0 Å². The first-order chi connectivity index (χ1) is 4.13. The molecule has 2 nitrogen and oxygen atoms in total. The van der Waals surface area contributed by atoms with E-state index < -0.39 is 12.2 Å². The summed E-state index contributed by atoms with van der Waals surface area (Å²) in [6.45, 7) is 0. The topological polar surface area (TPSA) is 40.5 Å². The Bertz CT molecular complexity index is 97.1. The normalized spacial score (nSPS) is 52.0. The Balaban J connectivity index is 2.54. The molecule has 1 saturated carbocycles. The Hall–Kier alpha value is 0.500. The Labute approximate surface area is 63.4 Å². The number of rotatable bonds is 0. The van der Waals surface area contributed by atoms with Gasteiger partial charge in [-0.2, -0.15) is 0 Å². The van der Waals surface area contributed by atoms with E-state index in [9.17, 15) is 0 Å². The van der Waals surface area contributed by atoms with Gasteiger partial charge in [0.1, 0.15) is 0 Å². The lowest BCUT2D eigenvalue weighted by atomic mass is 10.3. The highest BCUT2D eigenvalue weighted by atomic mass is 35.5. The molecule has 54 valence electrons. The molecule has 0 heterocycles. The number of halogens is 2. The second kappa shape index (κ2) is 2.62. The fraction of sp³-hybridized carbons (Fsp3) is 1.00. The SMILES string of the molecule is O[C@H]1[C@H](O)[C@H](Cl)C[C@H]1Cl. The van der Waals surface area contributed by atoms with Crippen LogP contribution in [0.2, 0.25) is 0 Å². The van der Waals surface area contributed by atoms with Crippen LogP contribution < -0.4 is 0 Å². The van der Waals surface area contributed by atoms with Crippen molar-refractivity contribution in [2.75, 3.05) is 0 Å². The van der Waals surface area contributed by atoms with E-state index in [1.165, 1.54) is 0 Å². The van der Waals surface area contributed by atoms with Gasteiger partial charge in [0.2, 0.25) is 0 Å². The van der Waals surface area contributed by atoms with Crippen molar-refractivity contribution in [1.82, 2.24) is 0 Å². The van der Waals surface area contributed by atoms with Gasteiger partial charge >= 0.3 is 0 Å². The van der Waals surface area contributed by atoms with Gasteiger partial charge in [0, 0.05) is 0 Å². The van der Waals surface area contributed by atoms with Crippen molar-refractivity contribution in [2.24, 2.45) is 0 Å². The first-order valence-corrected chi connectivity index (χ1v) is 3.64. The van der Waals surface area contributed by atoms with Crippen molar-refractivity contribution < 1.29 is 10.2 Å². The van der Waals surface area contributed by atoms with E-state index in [4.69, 9.17) is 33.4 Å². The first kappa shape index (κ1) is 7.61. The van der Waals surface area contributed by atoms with Gasteiger partial charge < -0.3 is 10.2 Å². The molecule has 1 rings (SSSR count). The van der Waals surface area contributed by atoms with Crippen LogP contribution in [0.3, 0.4) is 0 Å². The van der Waals surface area contributed by atoms with Crippen molar-refractivity contribution in [1.29, 1.82) is 0 Å². The molecule has 0 radical (unpaired) electrons. The van der Waals surface area contributed by atoms with E-state index in [1.807, 2.05) is 0 Å². The quantitative estimate of drug-likeness (QED) is 0.515. The highest BCUT2D eigenvalue weighted by Gasteiger charge is 2.39. The minimum Gasteiger partial charge on any atom is -0.389 e. The minimum atomic E-state index is -0.853. The van der Waals surface area contributed by atoms with E-state index in [0.717, 1.165) is 0 Å². The molecule has 0 aromatic rings. The van der Waals surface area contributed by atoms with E-state index in [1.54, 1.807) is 0 Å². The molecule has 4 atom stereocenters. The summed E-state index contributed by atoms with van der Waals surface area (Å²) in [6, 6.07) is 0. The summed E-state index contributed by atoms with van der Waals surface area (Å²) in [5.41, 5.74) is 0. The molecule has 1 fully saturated rings. The molecule has 1 aliphatic carbocycles. The molecular formula is C5H8Cl2O2. The molecule has 2 N–H and O–H groups in total. The van der Waals surface area contributed by atoms with Crippen LogP contribution in [0.1, 0.15) is 6.42 Å². The van der Waals surface area contributed by atoms with Crippen LogP contribution in [0, 0.1) is 0 Å². The summed E-state index contributed by atoms with van der Waals surface area (Å²) in [7, 11) is 0. The van der Waals surface area contributed by atoms with Gasteiger partial charge in [-0.1, -0.05) is 0 Å². The van der Waals surface area contributed by atoms with E-state index >= 15 is 0 Å². The predicted octanol–water partition coefficient (Wildman–Crippen LogP) is 0.327. The van der Waals surface area contributed by atoms with Gasteiger partial charge in [0.05, 0.1) is 23.0 Å². The molecule has 0 spiro atoms. The Kier molecular flexibility index (Phi) is 2.22. The molecule has 0 unspecified atom stereocenters. The zero-order valence-corrected chi connectivity index (χ0v) is 6.18. The molecule has 4 heteroatoms.